The Morgan fingerprint density at radius 3 is 2.53 bits per heavy atom. The van der Waals surface area contributed by atoms with Gasteiger partial charge in [0.15, 0.2) is 6.10 Å². The Morgan fingerprint density at radius 1 is 1.00 bits per heavy atom. The van der Waals surface area contributed by atoms with Gasteiger partial charge in [0, 0.05) is 12.0 Å². The first-order valence-electron chi connectivity index (χ1n) is 6.52. The molecule has 0 fully saturated rings. The van der Waals surface area contributed by atoms with Gasteiger partial charge < -0.3 is 22.5 Å². The van der Waals surface area contributed by atoms with E-state index in [1.54, 1.807) is 0 Å². The van der Waals surface area contributed by atoms with Crippen LogP contribution in [0.25, 0.3) is 0 Å². The predicted octanol–water partition coefficient (Wildman–Crippen LogP) is -1.24. The quantitative estimate of drug-likeness (QED) is 0.742. The number of para-hydroxylation sites is 1. The smallest absolute Gasteiger partial charge is 0.151 e. The highest BCUT2D eigenvalue weighted by Gasteiger charge is 2.23. The summed E-state index contributed by atoms with van der Waals surface area (Å²) in [7, 11) is 0. The van der Waals surface area contributed by atoms with Gasteiger partial charge in [-0.3, -0.25) is 0 Å². The van der Waals surface area contributed by atoms with Crippen molar-refractivity contribution in [2.24, 2.45) is 0 Å². The highest BCUT2D eigenvalue weighted by Crippen LogP contribution is 2.27. The van der Waals surface area contributed by atoms with Crippen molar-refractivity contribution in [3.8, 4) is 5.75 Å². The summed E-state index contributed by atoms with van der Waals surface area (Å²) in [4.78, 5) is 0. The zero-order valence-corrected chi connectivity index (χ0v) is 11.5. The lowest BCUT2D eigenvalue weighted by Gasteiger charge is -2.09. The molecule has 1 atom stereocenters. The van der Waals surface area contributed by atoms with Crippen LogP contribution in [0.1, 0.15) is 11.1 Å². The SMILES string of the molecule is [Cl-].c1ccc(C[NH2+]CC2Cc3ccccc3O2)cc1. The van der Waals surface area contributed by atoms with Gasteiger partial charge in [0.1, 0.15) is 18.8 Å². The van der Waals surface area contributed by atoms with Crippen LogP contribution in [0.2, 0.25) is 0 Å². The lowest BCUT2D eigenvalue weighted by molar-refractivity contribution is -0.675. The van der Waals surface area contributed by atoms with E-state index in [4.69, 9.17) is 4.74 Å². The van der Waals surface area contributed by atoms with Gasteiger partial charge in [-0.1, -0.05) is 48.5 Å². The van der Waals surface area contributed by atoms with Crippen molar-refractivity contribution in [3.05, 3.63) is 65.7 Å². The molecule has 2 aromatic rings. The lowest BCUT2D eigenvalue weighted by Crippen LogP contribution is -3.00. The van der Waals surface area contributed by atoms with Crippen LogP contribution in [-0.4, -0.2) is 12.6 Å². The average molecular weight is 276 g/mol. The van der Waals surface area contributed by atoms with E-state index in [0.717, 1.165) is 25.3 Å². The predicted molar refractivity (Wildman–Crippen MR) is 71.5 cm³/mol. The van der Waals surface area contributed by atoms with E-state index in [1.165, 1.54) is 11.1 Å². The molecule has 1 unspecified atom stereocenters. The van der Waals surface area contributed by atoms with Crippen LogP contribution in [0.5, 0.6) is 5.75 Å². The molecule has 0 amide bonds. The van der Waals surface area contributed by atoms with E-state index in [-0.39, 0.29) is 12.4 Å². The van der Waals surface area contributed by atoms with E-state index >= 15 is 0 Å². The van der Waals surface area contributed by atoms with Crippen molar-refractivity contribution in [3.63, 3.8) is 0 Å². The minimum Gasteiger partial charge on any atom is -1.00 e. The van der Waals surface area contributed by atoms with E-state index in [2.05, 4.69) is 53.8 Å². The fourth-order valence-electron chi connectivity index (χ4n) is 2.44. The lowest BCUT2D eigenvalue weighted by atomic mass is 10.1. The molecule has 0 radical (unpaired) electrons. The van der Waals surface area contributed by atoms with Gasteiger partial charge in [-0.05, 0) is 11.6 Å². The summed E-state index contributed by atoms with van der Waals surface area (Å²) >= 11 is 0. The molecule has 0 saturated heterocycles. The van der Waals surface area contributed by atoms with Crippen LogP contribution in [0.3, 0.4) is 0 Å². The highest BCUT2D eigenvalue weighted by molar-refractivity contribution is 5.37. The molecule has 0 spiro atoms. The van der Waals surface area contributed by atoms with Crippen LogP contribution >= 0.6 is 0 Å². The van der Waals surface area contributed by atoms with Crippen LogP contribution in [-0.2, 0) is 13.0 Å². The Balaban J connectivity index is 0.00000133. The van der Waals surface area contributed by atoms with E-state index in [0.29, 0.717) is 6.10 Å². The number of nitrogens with two attached hydrogens (primary N) is 1. The second-order valence-corrected chi connectivity index (χ2v) is 4.77. The first kappa shape index (κ1) is 13.9. The number of benzene rings is 2. The summed E-state index contributed by atoms with van der Waals surface area (Å²) in [5.41, 5.74) is 2.71. The Kier molecular flexibility index (Phi) is 4.83. The summed E-state index contributed by atoms with van der Waals surface area (Å²) in [5, 5.41) is 2.33. The Hall–Kier alpha value is -1.51. The maximum absolute atomic E-state index is 5.91. The largest absolute Gasteiger partial charge is 1.00 e. The maximum Gasteiger partial charge on any atom is 0.151 e. The zero-order valence-electron chi connectivity index (χ0n) is 10.8. The minimum absolute atomic E-state index is 0. The molecule has 0 aliphatic carbocycles. The summed E-state index contributed by atoms with van der Waals surface area (Å²) in [5.74, 6) is 1.07. The fourth-order valence-corrected chi connectivity index (χ4v) is 2.44. The third-order valence-electron chi connectivity index (χ3n) is 3.37. The van der Waals surface area contributed by atoms with Crippen molar-refractivity contribution >= 4 is 0 Å². The van der Waals surface area contributed by atoms with Gasteiger partial charge in [-0.15, -0.1) is 0 Å². The van der Waals surface area contributed by atoms with Crippen LogP contribution in [0.15, 0.2) is 54.6 Å². The van der Waals surface area contributed by atoms with Gasteiger partial charge in [-0.25, -0.2) is 0 Å². The fraction of sp³-hybridized carbons (Fsp3) is 0.250. The number of halogens is 1. The van der Waals surface area contributed by atoms with Crippen molar-refractivity contribution in [1.29, 1.82) is 0 Å². The summed E-state index contributed by atoms with van der Waals surface area (Å²) < 4.78 is 5.91. The molecule has 3 rings (SSSR count). The monoisotopic (exact) mass is 275 g/mol. The van der Waals surface area contributed by atoms with Crippen molar-refractivity contribution in [1.82, 2.24) is 0 Å². The number of hydrogen-bond acceptors (Lipinski definition) is 1. The van der Waals surface area contributed by atoms with Gasteiger partial charge in [0.2, 0.25) is 0 Å². The van der Waals surface area contributed by atoms with Gasteiger partial charge in [0.25, 0.3) is 0 Å². The third kappa shape index (κ3) is 3.49. The van der Waals surface area contributed by atoms with Crippen molar-refractivity contribution < 1.29 is 22.5 Å². The molecular weight excluding hydrogens is 258 g/mol. The summed E-state index contributed by atoms with van der Waals surface area (Å²) in [6, 6.07) is 18.9. The topological polar surface area (TPSA) is 25.8 Å². The number of quaternary nitrogens is 1. The molecule has 1 aliphatic heterocycles. The molecule has 1 heterocycles. The molecule has 19 heavy (non-hydrogen) atoms. The second-order valence-electron chi connectivity index (χ2n) is 4.77. The normalized spacial score (nSPS) is 16.3. The minimum atomic E-state index is 0. The molecular formula is C16H18ClNO. The Bertz CT molecular complexity index is 490. The number of rotatable bonds is 4. The van der Waals surface area contributed by atoms with E-state index in [9.17, 15) is 0 Å². The highest BCUT2D eigenvalue weighted by atomic mass is 35.5. The molecule has 3 heteroatoms. The summed E-state index contributed by atoms with van der Waals surface area (Å²) in [6.45, 7) is 2.04. The van der Waals surface area contributed by atoms with Crippen LogP contribution in [0.4, 0.5) is 0 Å². The Labute approximate surface area is 120 Å². The number of fused-ring (bicyclic) bond motifs is 1. The van der Waals surface area contributed by atoms with E-state index in [1.807, 2.05) is 6.07 Å². The standard InChI is InChI=1S/C16H17NO.ClH/c1-2-6-13(7-3-1)11-17-12-15-10-14-8-4-5-9-16(14)18-15;/h1-9,15,17H,10-12H2;1H. The molecule has 0 aromatic heterocycles. The molecule has 2 N–H and O–H groups in total. The molecule has 0 saturated carbocycles. The number of hydrogen-bond donors (Lipinski definition) is 1. The molecule has 2 nitrogen and oxygen atoms in total. The van der Waals surface area contributed by atoms with Gasteiger partial charge in [0.05, 0.1) is 0 Å². The first-order valence-corrected chi connectivity index (χ1v) is 6.52. The third-order valence-corrected chi connectivity index (χ3v) is 3.37. The van der Waals surface area contributed by atoms with Crippen molar-refractivity contribution in [2.45, 2.75) is 19.1 Å². The average Bonchev–Trinajstić information content (AvgIpc) is 2.82. The Morgan fingerprint density at radius 2 is 1.74 bits per heavy atom. The van der Waals surface area contributed by atoms with Gasteiger partial charge >= 0.3 is 0 Å². The van der Waals surface area contributed by atoms with Crippen LogP contribution in [0, 0.1) is 0 Å². The molecule has 2 aromatic carbocycles. The zero-order chi connectivity index (χ0) is 12.2. The molecule has 100 valence electrons. The molecule has 1 aliphatic rings. The van der Waals surface area contributed by atoms with Crippen LogP contribution < -0.4 is 22.5 Å². The van der Waals surface area contributed by atoms with Crippen molar-refractivity contribution in [2.75, 3.05) is 6.54 Å². The molecule has 0 bridgehead atoms. The van der Waals surface area contributed by atoms with E-state index < -0.39 is 0 Å². The van der Waals surface area contributed by atoms with Gasteiger partial charge in [-0.2, -0.15) is 0 Å². The summed E-state index contributed by atoms with van der Waals surface area (Å²) in [6.07, 6.45) is 1.37. The second kappa shape index (κ2) is 6.60. The number of ether oxygens (including phenoxy) is 1. The maximum atomic E-state index is 5.91. The first-order chi connectivity index (χ1) is 8.92.